The van der Waals surface area contributed by atoms with Crippen LogP contribution in [-0.4, -0.2) is 44.0 Å². The standard InChI is InChI=1S/C28H28ClFN6O3/c1-16-22(11-18(29)13-32-16)26(37)34-20-6-3-17(4-7-20)15-35-24-10-5-19(30)12-25(24)36(28(35)39)21-8-9-23(33-14-21)27(38)31-2/h5,8-14,17,20H,3-4,6-7,15H2,1-2H3,(H,31,38)(H,34,37). The third-order valence-electron chi connectivity index (χ3n) is 7.28. The van der Waals surface area contributed by atoms with Gasteiger partial charge in [-0.2, -0.15) is 0 Å². The zero-order valence-electron chi connectivity index (χ0n) is 21.6. The summed E-state index contributed by atoms with van der Waals surface area (Å²) in [5.74, 6) is -0.773. The lowest BCUT2D eigenvalue weighted by atomic mass is 9.85. The van der Waals surface area contributed by atoms with Crippen LogP contribution < -0.4 is 16.3 Å². The normalized spacial score (nSPS) is 17.2. The van der Waals surface area contributed by atoms with E-state index >= 15 is 0 Å². The second kappa shape index (κ2) is 11.0. The minimum Gasteiger partial charge on any atom is -0.354 e. The van der Waals surface area contributed by atoms with E-state index in [1.807, 2.05) is 0 Å². The minimum atomic E-state index is -0.454. The first kappa shape index (κ1) is 26.6. The number of nitrogens with zero attached hydrogens (tertiary/aromatic N) is 4. The molecule has 0 radical (unpaired) electrons. The number of aromatic nitrogens is 4. The topological polar surface area (TPSA) is 111 Å². The number of amides is 2. The highest BCUT2D eigenvalue weighted by Crippen LogP contribution is 2.28. The van der Waals surface area contributed by atoms with Gasteiger partial charge in [0.1, 0.15) is 11.5 Å². The molecule has 2 N–H and O–H groups in total. The van der Waals surface area contributed by atoms with Crippen LogP contribution in [0.4, 0.5) is 4.39 Å². The molecule has 202 valence electrons. The third kappa shape index (κ3) is 5.42. The third-order valence-corrected chi connectivity index (χ3v) is 7.48. The number of aryl methyl sites for hydroxylation is 1. The van der Waals surface area contributed by atoms with E-state index in [-0.39, 0.29) is 35.2 Å². The summed E-state index contributed by atoms with van der Waals surface area (Å²) in [6.45, 7) is 2.24. The average Bonchev–Trinajstić information content (AvgIpc) is 3.20. The molecule has 0 bridgehead atoms. The maximum Gasteiger partial charge on any atom is 0.333 e. The highest BCUT2D eigenvalue weighted by molar-refractivity contribution is 6.30. The van der Waals surface area contributed by atoms with Crippen molar-refractivity contribution in [2.24, 2.45) is 5.92 Å². The van der Waals surface area contributed by atoms with E-state index in [0.29, 0.717) is 39.5 Å². The van der Waals surface area contributed by atoms with Gasteiger partial charge < -0.3 is 10.6 Å². The largest absolute Gasteiger partial charge is 0.354 e. The molecule has 0 unspecified atom stereocenters. The van der Waals surface area contributed by atoms with Gasteiger partial charge in [0.25, 0.3) is 11.8 Å². The molecule has 3 heterocycles. The molecule has 3 aromatic heterocycles. The zero-order valence-corrected chi connectivity index (χ0v) is 22.3. The van der Waals surface area contributed by atoms with E-state index in [0.717, 1.165) is 25.7 Å². The van der Waals surface area contributed by atoms with Crippen LogP contribution in [0.3, 0.4) is 0 Å². The Labute approximate surface area is 229 Å². The van der Waals surface area contributed by atoms with E-state index < -0.39 is 5.82 Å². The van der Waals surface area contributed by atoms with Gasteiger partial charge in [0, 0.05) is 31.9 Å². The van der Waals surface area contributed by atoms with Gasteiger partial charge in [-0.15, -0.1) is 0 Å². The molecule has 5 rings (SSSR count). The number of rotatable bonds is 6. The second-order valence-corrected chi connectivity index (χ2v) is 10.3. The number of halogens is 2. The molecule has 0 spiro atoms. The van der Waals surface area contributed by atoms with E-state index in [1.165, 1.54) is 42.2 Å². The number of hydrogen-bond donors (Lipinski definition) is 2. The number of benzene rings is 1. The van der Waals surface area contributed by atoms with Crippen LogP contribution >= 0.6 is 11.6 Å². The van der Waals surface area contributed by atoms with Gasteiger partial charge in [0.05, 0.1) is 39.2 Å². The molecule has 0 aliphatic heterocycles. The molecule has 1 aliphatic carbocycles. The van der Waals surface area contributed by atoms with Crippen molar-refractivity contribution < 1.29 is 14.0 Å². The molecule has 1 aromatic carbocycles. The van der Waals surface area contributed by atoms with Gasteiger partial charge in [-0.25, -0.2) is 14.2 Å². The van der Waals surface area contributed by atoms with Crippen molar-refractivity contribution in [3.05, 3.63) is 87.1 Å². The number of hydrogen-bond acceptors (Lipinski definition) is 5. The number of fused-ring (bicyclic) bond motifs is 1. The van der Waals surface area contributed by atoms with Crippen LogP contribution in [0.5, 0.6) is 0 Å². The van der Waals surface area contributed by atoms with Gasteiger partial charge in [0.2, 0.25) is 0 Å². The van der Waals surface area contributed by atoms with Crippen molar-refractivity contribution in [2.75, 3.05) is 7.05 Å². The smallest absolute Gasteiger partial charge is 0.333 e. The lowest BCUT2D eigenvalue weighted by Gasteiger charge is -2.29. The maximum absolute atomic E-state index is 14.2. The fraction of sp³-hybridized carbons (Fsp3) is 0.321. The Balaban J connectivity index is 1.33. The summed E-state index contributed by atoms with van der Waals surface area (Å²) in [5.41, 5.74) is 2.50. The van der Waals surface area contributed by atoms with E-state index in [4.69, 9.17) is 11.6 Å². The molecular formula is C28H28ClFN6O3. The molecule has 9 nitrogen and oxygen atoms in total. The monoisotopic (exact) mass is 550 g/mol. The van der Waals surface area contributed by atoms with Crippen LogP contribution in [0.2, 0.25) is 5.02 Å². The second-order valence-electron chi connectivity index (χ2n) is 9.82. The Hall–Kier alpha value is -4.05. The molecule has 4 aromatic rings. The summed E-state index contributed by atoms with van der Waals surface area (Å²) in [6, 6.07) is 9.08. The summed E-state index contributed by atoms with van der Waals surface area (Å²) in [4.78, 5) is 46.6. The summed E-state index contributed by atoms with van der Waals surface area (Å²) < 4.78 is 17.3. The van der Waals surface area contributed by atoms with E-state index in [2.05, 4.69) is 20.6 Å². The summed E-state index contributed by atoms with van der Waals surface area (Å²) in [5, 5.41) is 6.01. The molecular weight excluding hydrogens is 523 g/mol. The van der Waals surface area contributed by atoms with Crippen molar-refractivity contribution in [3.63, 3.8) is 0 Å². The van der Waals surface area contributed by atoms with Crippen molar-refractivity contribution in [2.45, 2.75) is 45.2 Å². The van der Waals surface area contributed by atoms with Gasteiger partial charge in [-0.05, 0) is 68.9 Å². The van der Waals surface area contributed by atoms with Crippen LogP contribution in [0, 0.1) is 18.7 Å². The maximum atomic E-state index is 14.2. The van der Waals surface area contributed by atoms with Crippen molar-refractivity contribution in [1.29, 1.82) is 0 Å². The fourth-order valence-electron chi connectivity index (χ4n) is 5.19. The first-order chi connectivity index (χ1) is 18.7. The van der Waals surface area contributed by atoms with Crippen molar-refractivity contribution >= 4 is 34.4 Å². The quantitative estimate of drug-likeness (QED) is 0.376. The predicted octanol–water partition coefficient (Wildman–Crippen LogP) is 4.03. The van der Waals surface area contributed by atoms with Crippen molar-refractivity contribution in [1.82, 2.24) is 29.7 Å². The van der Waals surface area contributed by atoms with Crippen LogP contribution in [0.15, 0.2) is 53.6 Å². The molecule has 39 heavy (non-hydrogen) atoms. The predicted molar refractivity (Wildman–Crippen MR) is 146 cm³/mol. The van der Waals surface area contributed by atoms with Gasteiger partial charge in [-0.3, -0.25) is 23.7 Å². The van der Waals surface area contributed by atoms with Crippen molar-refractivity contribution in [3.8, 4) is 5.69 Å². The Bertz CT molecular complexity index is 1610. The highest BCUT2D eigenvalue weighted by atomic mass is 35.5. The summed E-state index contributed by atoms with van der Waals surface area (Å²) in [6.07, 6.45) is 6.14. The molecule has 1 aliphatic rings. The lowest BCUT2D eigenvalue weighted by Crippen LogP contribution is -2.39. The molecule has 2 amide bonds. The lowest BCUT2D eigenvalue weighted by molar-refractivity contribution is 0.0917. The molecule has 1 fully saturated rings. The van der Waals surface area contributed by atoms with Gasteiger partial charge >= 0.3 is 5.69 Å². The highest BCUT2D eigenvalue weighted by Gasteiger charge is 2.26. The number of pyridine rings is 2. The first-order valence-corrected chi connectivity index (χ1v) is 13.1. The van der Waals surface area contributed by atoms with E-state index in [9.17, 15) is 18.8 Å². The fourth-order valence-corrected chi connectivity index (χ4v) is 5.34. The summed E-state index contributed by atoms with van der Waals surface area (Å²) in [7, 11) is 1.51. The molecule has 0 atom stereocenters. The zero-order chi connectivity index (χ0) is 27.7. The van der Waals surface area contributed by atoms with Crippen LogP contribution in [0.25, 0.3) is 16.7 Å². The van der Waals surface area contributed by atoms with Crippen LogP contribution in [-0.2, 0) is 6.54 Å². The number of nitrogens with one attached hydrogen (secondary N) is 2. The Morgan fingerprint density at radius 3 is 2.49 bits per heavy atom. The molecule has 11 heteroatoms. The summed E-state index contributed by atoms with van der Waals surface area (Å²) >= 11 is 6.02. The van der Waals surface area contributed by atoms with E-state index in [1.54, 1.807) is 29.7 Å². The number of carbonyl (C=O) groups excluding carboxylic acids is 2. The Morgan fingerprint density at radius 2 is 1.79 bits per heavy atom. The minimum absolute atomic E-state index is 0.0178. The average molecular weight is 551 g/mol. The SMILES string of the molecule is CNC(=O)c1ccc(-n2c(=O)n(CC3CCC(NC(=O)c4cc(Cl)cnc4C)CC3)c3ccc(F)cc32)cn1. The van der Waals surface area contributed by atoms with Gasteiger partial charge in [0.15, 0.2) is 0 Å². The molecule has 1 saturated carbocycles. The first-order valence-electron chi connectivity index (χ1n) is 12.8. The number of imidazole rings is 1. The van der Waals surface area contributed by atoms with Crippen LogP contribution in [0.1, 0.15) is 52.2 Å². The molecule has 0 saturated heterocycles. The van der Waals surface area contributed by atoms with Gasteiger partial charge in [-0.1, -0.05) is 11.6 Å². The Kier molecular flexibility index (Phi) is 7.47. The Morgan fingerprint density at radius 1 is 1.03 bits per heavy atom. The number of carbonyl (C=O) groups is 2.